The molecule has 1 aromatic carbocycles. The Hall–Kier alpha value is -3.16. The van der Waals surface area contributed by atoms with E-state index in [-0.39, 0.29) is 0 Å². The van der Waals surface area contributed by atoms with Gasteiger partial charge in [-0.15, -0.1) is 0 Å². The molecule has 0 N–H and O–H groups in total. The molecule has 0 unspecified atom stereocenters. The highest BCUT2D eigenvalue weighted by atomic mass is 19.2. The van der Waals surface area contributed by atoms with Crippen molar-refractivity contribution < 1.29 is 8.78 Å². The predicted molar refractivity (Wildman–Crippen MR) is 83.2 cm³/mol. The van der Waals surface area contributed by atoms with Crippen molar-refractivity contribution in [3.63, 3.8) is 0 Å². The Labute approximate surface area is 135 Å². The van der Waals surface area contributed by atoms with E-state index in [2.05, 4.69) is 20.2 Å². The van der Waals surface area contributed by atoms with Crippen LogP contribution >= 0.6 is 0 Å². The van der Waals surface area contributed by atoms with Crippen LogP contribution in [0.2, 0.25) is 0 Å². The third-order valence-electron chi connectivity index (χ3n) is 3.70. The standard InChI is InChI=1S/C16H12F2N6/c1-9-5-10(2)23(22-9)15-12-7-21-24(16(12)20-8-19-15)11-3-4-13(17)14(18)6-11/h3-8H,1-2H3. The second-order valence-electron chi connectivity index (χ2n) is 5.43. The number of hydrogen-bond acceptors (Lipinski definition) is 4. The lowest BCUT2D eigenvalue weighted by atomic mass is 10.3. The first-order valence-electron chi connectivity index (χ1n) is 7.22. The van der Waals surface area contributed by atoms with Crippen LogP contribution in [0.4, 0.5) is 8.78 Å². The zero-order valence-electron chi connectivity index (χ0n) is 12.9. The summed E-state index contributed by atoms with van der Waals surface area (Å²) in [7, 11) is 0. The predicted octanol–water partition coefficient (Wildman–Crippen LogP) is 2.90. The Kier molecular flexibility index (Phi) is 3.12. The van der Waals surface area contributed by atoms with E-state index >= 15 is 0 Å². The quantitative estimate of drug-likeness (QED) is 0.568. The number of aryl methyl sites for hydroxylation is 2. The van der Waals surface area contributed by atoms with Gasteiger partial charge in [-0.1, -0.05) is 0 Å². The zero-order chi connectivity index (χ0) is 16.8. The summed E-state index contributed by atoms with van der Waals surface area (Å²) in [6, 6.07) is 5.51. The first kappa shape index (κ1) is 14.4. The molecule has 0 spiro atoms. The van der Waals surface area contributed by atoms with E-state index in [9.17, 15) is 8.78 Å². The lowest BCUT2D eigenvalue weighted by molar-refractivity contribution is 0.507. The molecule has 0 radical (unpaired) electrons. The van der Waals surface area contributed by atoms with Gasteiger partial charge in [-0.2, -0.15) is 10.2 Å². The van der Waals surface area contributed by atoms with Gasteiger partial charge in [0, 0.05) is 11.8 Å². The van der Waals surface area contributed by atoms with E-state index in [0.29, 0.717) is 22.5 Å². The largest absolute Gasteiger partial charge is 0.219 e. The minimum Gasteiger partial charge on any atom is -0.219 e. The normalized spacial score (nSPS) is 11.3. The fourth-order valence-electron chi connectivity index (χ4n) is 2.65. The molecule has 0 saturated heterocycles. The lowest BCUT2D eigenvalue weighted by Crippen LogP contribution is -2.04. The molecule has 120 valence electrons. The maximum Gasteiger partial charge on any atom is 0.168 e. The fraction of sp³-hybridized carbons (Fsp3) is 0.125. The number of nitrogens with zero attached hydrogens (tertiary/aromatic N) is 6. The lowest BCUT2D eigenvalue weighted by Gasteiger charge is -2.06. The van der Waals surface area contributed by atoms with E-state index < -0.39 is 11.6 Å². The van der Waals surface area contributed by atoms with Gasteiger partial charge in [0.1, 0.15) is 6.33 Å². The Morgan fingerprint density at radius 3 is 2.50 bits per heavy atom. The van der Waals surface area contributed by atoms with Crippen LogP contribution in [0.3, 0.4) is 0 Å². The number of rotatable bonds is 2. The van der Waals surface area contributed by atoms with Crippen molar-refractivity contribution in [1.82, 2.24) is 29.5 Å². The van der Waals surface area contributed by atoms with Gasteiger partial charge < -0.3 is 0 Å². The van der Waals surface area contributed by atoms with E-state index in [1.165, 1.54) is 17.1 Å². The highest BCUT2D eigenvalue weighted by Gasteiger charge is 2.15. The van der Waals surface area contributed by atoms with Crippen molar-refractivity contribution in [1.29, 1.82) is 0 Å². The third kappa shape index (κ3) is 2.15. The van der Waals surface area contributed by atoms with Crippen molar-refractivity contribution in [2.24, 2.45) is 0 Å². The molecular formula is C16H12F2N6. The van der Waals surface area contributed by atoms with Gasteiger partial charge in [0.25, 0.3) is 0 Å². The first-order valence-corrected chi connectivity index (χ1v) is 7.22. The molecule has 8 heteroatoms. The molecule has 0 aliphatic carbocycles. The van der Waals surface area contributed by atoms with Crippen molar-refractivity contribution in [3.05, 3.63) is 59.8 Å². The SMILES string of the molecule is Cc1cc(C)n(-c2ncnc3c2cnn3-c2ccc(F)c(F)c2)n1. The average molecular weight is 326 g/mol. The number of halogens is 2. The Morgan fingerprint density at radius 1 is 0.958 bits per heavy atom. The fourth-order valence-corrected chi connectivity index (χ4v) is 2.65. The molecule has 3 heterocycles. The molecule has 0 fully saturated rings. The Balaban J connectivity index is 1.93. The maximum atomic E-state index is 13.5. The summed E-state index contributed by atoms with van der Waals surface area (Å²) >= 11 is 0. The summed E-state index contributed by atoms with van der Waals surface area (Å²) in [6.45, 7) is 3.82. The van der Waals surface area contributed by atoms with E-state index in [1.807, 2.05) is 19.9 Å². The molecule has 3 aromatic heterocycles. The van der Waals surface area contributed by atoms with Crippen LogP contribution in [0.5, 0.6) is 0 Å². The molecule has 6 nitrogen and oxygen atoms in total. The van der Waals surface area contributed by atoms with Gasteiger partial charge in [-0.3, -0.25) is 0 Å². The highest BCUT2D eigenvalue weighted by Crippen LogP contribution is 2.22. The summed E-state index contributed by atoms with van der Waals surface area (Å²) in [5.74, 6) is -1.27. The monoisotopic (exact) mass is 326 g/mol. The average Bonchev–Trinajstić information content (AvgIpc) is 3.13. The van der Waals surface area contributed by atoms with Crippen LogP contribution in [-0.2, 0) is 0 Å². The molecule has 0 aliphatic heterocycles. The van der Waals surface area contributed by atoms with Crippen LogP contribution in [0.15, 0.2) is 36.8 Å². The first-order chi connectivity index (χ1) is 11.5. The van der Waals surface area contributed by atoms with Crippen LogP contribution in [-0.4, -0.2) is 29.5 Å². The van der Waals surface area contributed by atoms with Gasteiger partial charge in [0.15, 0.2) is 23.1 Å². The Morgan fingerprint density at radius 2 is 1.79 bits per heavy atom. The van der Waals surface area contributed by atoms with E-state index in [0.717, 1.165) is 23.5 Å². The van der Waals surface area contributed by atoms with Crippen molar-refractivity contribution in [3.8, 4) is 11.5 Å². The number of benzene rings is 1. The zero-order valence-corrected chi connectivity index (χ0v) is 12.9. The molecule has 4 aromatic rings. The van der Waals surface area contributed by atoms with Crippen LogP contribution in [0, 0.1) is 25.5 Å². The van der Waals surface area contributed by atoms with Crippen molar-refractivity contribution in [2.75, 3.05) is 0 Å². The minimum absolute atomic E-state index is 0.377. The van der Waals surface area contributed by atoms with Crippen LogP contribution < -0.4 is 0 Å². The van der Waals surface area contributed by atoms with Crippen LogP contribution in [0.1, 0.15) is 11.4 Å². The summed E-state index contributed by atoms with van der Waals surface area (Å²) in [6.07, 6.45) is 2.98. The minimum atomic E-state index is -0.941. The third-order valence-corrected chi connectivity index (χ3v) is 3.70. The van der Waals surface area contributed by atoms with Gasteiger partial charge in [-0.05, 0) is 32.0 Å². The number of fused-ring (bicyclic) bond motifs is 1. The van der Waals surface area contributed by atoms with Crippen molar-refractivity contribution in [2.45, 2.75) is 13.8 Å². The van der Waals surface area contributed by atoms with Crippen molar-refractivity contribution >= 4 is 11.0 Å². The second kappa shape index (κ2) is 5.19. The molecule has 4 rings (SSSR count). The van der Waals surface area contributed by atoms with E-state index in [1.54, 1.807) is 10.9 Å². The Bertz CT molecular complexity index is 1070. The molecule has 0 atom stereocenters. The smallest absolute Gasteiger partial charge is 0.168 e. The van der Waals surface area contributed by atoms with Gasteiger partial charge in [0.2, 0.25) is 0 Å². The van der Waals surface area contributed by atoms with E-state index in [4.69, 9.17) is 0 Å². The molecule has 0 saturated carbocycles. The molecular weight excluding hydrogens is 314 g/mol. The van der Waals surface area contributed by atoms with Crippen LogP contribution in [0.25, 0.3) is 22.5 Å². The summed E-state index contributed by atoms with van der Waals surface area (Å²) in [5, 5.41) is 9.32. The van der Waals surface area contributed by atoms with Gasteiger partial charge >= 0.3 is 0 Å². The number of aromatic nitrogens is 6. The van der Waals surface area contributed by atoms with Gasteiger partial charge in [-0.25, -0.2) is 28.1 Å². The van der Waals surface area contributed by atoms with Gasteiger partial charge in [0.05, 0.1) is 23.0 Å². The molecule has 24 heavy (non-hydrogen) atoms. The highest BCUT2D eigenvalue weighted by molar-refractivity contribution is 5.83. The summed E-state index contributed by atoms with van der Waals surface area (Å²) < 4.78 is 29.8. The topological polar surface area (TPSA) is 61.4 Å². The molecule has 0 bridgehead atoms. The molecule has 0 aliphatic rings. The summed E-state index contributed by atoms with van der Waals surface area (Å²) in [5.41, 5.74) is 2.65. The second-order valence-corrected chi connectivity index (χ2v) is 5.43. The maximum absolute atomic E-state index is 13.5. The molecule has 0 amide bonds. The summed E-state index contributed by atoms with van der Waals surface area (Å²) in [4.78, 5) is 8.52. The number of hydrogen-bond donors (Lipinski definition) is 0.